The van der Waals surface area contributed by atoms with E-state index >= 15 is 0 Å². The van der Waals surface area contributed by atoms with Crippen LogP contribution in [0.1, 0.15) is 32.1 Å². The normalized spacial score (nSPS) is 19.1. The fourth-order valence-electron chi connectivity index (χ4n) is 5.32. The summed E-state index contributed by atoms with van der Waals surface area (Å²) in [5.41, 5.74) is 3.04. The van der Waals surface area contributed by atoms with Crippen LogP contribution in [0.15, 0.2) is 59.6 Å². The van der Waals surface area contributed by atoms with E-state index in [0.717, 1.165) is 16.8 Å². The number of aromatic nitrogens is 4. The van der Waals surface area contributed by atoms with Gasteiger partial charge in [0.2, 0.25) is 0 Å². The summed E-state index contributed by atoms with van der Waals surface area (Å²) in [4.78, 5) is 31.3. The molecule has 2 amide bonds. The molecule has 1 aromatic carbocycles. The van der Waals surface area contributed by atoms with Crippen LogP contribution in [-0.2, 0) is 19.3 Å². The smallest absolute Gasteiger partial charge is 0.272 e. The van der Waals surface area contributed by atoms with Crippen LogP contribution in [0.25, 0.3) is 11.3 Å². The van der Waals surface area contributed by atoms with Crippen molar-refractivity contribution in [2.45, 2.75) is 19.1 Å². The number of hydrogen-bond acceptors (Lipinski definition) is 6. The molecule has 10 heteroatoms. The Bertz CT molecular complexity index is 1450. The van der Waals surface area contributed by atoms with Gasteiger partial charge < -0.3 is 23.6 Å². The first kappa shape index (κ1) is 21.2. The third-order valence-electron chi connectivity index (χ3n) is 7.04. The quantitative estimate of drug-likeness (QED) is 0.453. The van der Waals surface area contributed by atoms with Gasteiger partial charge in [0, 0.05) is 37.5 Å². The largest absolute Gasteiger partial charge is 0.497 e. The number of carbonyl (C=O) groups excluding carboxylic acids is 2. The summed E-state index contributed by atoms with van der Waals surface area (Å²) >= 11 is 0. The van der Waals surface area contributed by atoms with Crippen LogP contribution in [0.4, 0.5) is 0 Å². The van der Waals surface area contributed by atoms with Gasteiger partial charge in [-0.3, -0.25) is 14.3 Å². The molecule has 178 valence electrons. The third kappa shape index (κ3) is 2.95. The summed E-state index contributed by atoms with van der Waals surface area (Å²) in [6.45, 7) is 2.90. The summed E-state index contributed by atoms with van der Waals surface area (Å²) in [5, 5.41) is 8.20. The SMILES string of the molecule is COc1ccc(C23Cn4c(ccc4-c4cnn(C)c4)C(=O)N2CCN3C(=O)c2conc2C)cc1. The maximum absolute atomic E-state index is 13.9. The zero-order chi connectivity index (χ0) is 24.3. The van der Waals surface area contributed by atoms with Gasteiger partial charge in [0.05, 0.1) is 31.2 Å². The van der Waals surface area contributed by atoms with Gasteiger partial charge in [-0.1, -0.05) is 17.3 Å². The van der Waals surface area contributed by atoms with Crippen LogP contribution in [0, 0.1) is 6.92 Å². The average molecular weight is 473 g/mol. The monoisotopic (exact) mass is 472 g/mol. The van der Waals surface area contributed by atoms with E-state index in [9.17, 15) is 9.59 Å². The van der Waals surface area contributed by atoms with Crippen molar-refractivity contribution in [3.05, 3.63) is 77.6 Å². The Labute approximate surface area is 201 Å². The van der Waals surface area contributed by atoms with Crippen LogP contribution in [0.3, 0.4) is 0 Å². The second kappa shape index (κ2) is 7.59. The number of hydrogen-bond donors (Lipinski definition) is 0. The molecule has 2 aliphatic heterocycles. The molecule has 5 heterocycles. The van der Waals surface area contributed by atoms with Gasteiger partial charge in [0.15, 0.2) is 5.66 Å². The number of nitrogens with zero attached hydrogens (tertiary/aromatic N) is 6. The summed E-state index contributed by atoms with van der Waals surface area (Å²) < 4.78 is 14.1. The van der Waals surface area contributed by atoms with E-state index in [1.165, 1.54) is 6.26 Å². The van der Waals surface area contributed by atoms with E-state index in [4.69, 9.17) is 9.26 Å². The van der Waals surface area contributed by atoms with Crippen molar-refractivity contribution in [2.24, 2.45) is 7.05 Å². The van der Waals surface area contributed by atoms with E-state index in [2.05, 4.69) is 10.3 Å². The van der Waals surface area contributed by atoms with Crippen molar-refractivity contribution in [2.75, 3.05) is 20.2 Å². The van der Waals surface area contributed by atoms with Crippen molar-refractivity contribution in [1.29, 1.82) is 0 Å². The second-order valence-electron chi connectivity index (χ2n) is 8.86. The van der Waals surface area contributed by atoms with Gasteiger partial charge in [-0.15, -0.1) is 0 Å². The minimum Gasteiger partial charge on any atom is -0.497 e. The van der Waals surface area contributed by atoms with Crippen LogP contribution in [0.2, 0.25) is 0 Å². The maximum Gasteiger partial charge on any atom is 0.272 e. The summed E-state index contributed by atoms with van der Waals surface area (Å²) in [6.07, 6.45) is 5.06. The highest BCUT2D eigenvalue weighted by molar-refractivity contribution is 5.99. The molecule has 0 spiro atoms. The number of rotatable bonds is 4. The number of methoxy groups -OCH3 is 1. The lowest BCUT2D eigenvalue weighted by Crippen LogP contribution is -2.60. The molecule has 1 atom stereocenters. The number of aryl methyl sites for hydroxylation is 2. The van der Waals surface area contributed by atoms with Gasteiger partial charge in [0.1, 0.15) is 23.3 Å². The molecule has 1 saturated heterocycles. The van der Waals surface area contributed by atoms with Crippen molar-refractivity contribution < 1.29 is 18.8 Å². The Morgan fingerprint density at radius 3 is 2.54 bits per heavy atom. The Morgan fingerprint density at radius 1 is 1.11 bits per heavy atom. The average Bonchev–Trinajstić information content (AvgIpc) is 3.65. The molecular formula is C25H24N6O4. The molecule has 1 fully saturated rings. The molecule has 2 aliphatic rings. The molecule has 0 bridgehead atoms. The Kier molecular flexibility index (Phi) is 4.60. The molecule has 4 aromatic rings. The van der Waals surface area contributed by atoms with E-state index < -0.39 is 5.66 Å². The Balaban J connectivity index is 1.55. The fraction of sp³-hybridized carbons (Fsp3) is 0.280. The molecule has 0 saturated carbocycles. The lowest BCUT2D eigenvalue weighted by molar-refractivity contribution is -0.00567. The molecule has 0 aliphatic carbocycles. The standard InChI is InChI=1S/C25H24N6O4/c1-16-20(14-35-27-16)23(32)30-10-11-31-24(33)22-9-8-21(17-12-26-28(2)13-17)29(22)15-25(30,31)18-4-6-19(34-3)7-5-18/h4-9,12-14H,10-11,15H2,1-3H3. The number of ether oxygens (including phenoxy) is 1. The molecule has 0 N–H and O–H groups in total. The first-order chi connectivity index (χ1) is 16.9. The number of fused-ring (bicyclic) bond motifs is 2. The Hall–Kier alpha value is -4.34. The minimum atomic E-state index is -1.03. The van der Waals surface area contributed by atoms with Crippen LogP contribution < -0.4 is 4.74 Å². The summed E-state index contributed by atoms with van der Waals surface area (Å²) in [5.74, 6) is 0.343. The predicted octanol–water partition coefficient (Wildman–Crippen LogP) is 2.66. The van der Waals surface area contributed by atoms with E-state index in [1.807, 2.05) is 54.2 Å². The lowest BCUT2D eigenvalue weighted by Gasteiger charge is -2.47. The molecular weight excluding hydrogens is 448 g/mol. The number of amides is 2. The summed E-state index contributed by atoms with van der Waals surface area (Å²) in [6, 6.07) is 11.3. The molecule has 0 radical (unpaired) electrons. The van der Waals surface area contributed by atoms with Crippen LogP contribution in [0.5, 0.6) is 5.75 Å². The molecule has 10 nitrogen and oxygen atoms in total. The molecule has 1 unspecified atom stereocenters. The second-order valence-corrected chi connectivity index (χ2v) is 8.86. The molecule has 6 rings (SSSR count). The van der Waals surface area contributed by atoms with E-state index in [0.29, 0.717) is 42.3 Å². The zero-order valence-electron chi connectivity index (χ0n) is 19.6. The van der Waals surface area contributed by atoms with Gasteiger partial charge in [-0.05, 0) is 31.2 Å². The van der Waals surface area contributed by atoms with Crippen molar-refractivity contribution in [1.82, 2.24) is 29.3 Å². The molecule has 35 heavy (non-hydrogen) atoms. The van der Waals surface area contributed by atoms with Gasteiger partial charge in [-0.25, -0.2) is 0 Å². The van der Waals surface area contributed by atoms with Gasteiger partial charge in [0.25, 0.3) is 11.8 Å². The van der Waals surface area contributed by atoms with Crippen molar-refractivity contribution in [3.63, 3.8) is 0 Å². The predicted molar refractivity (Wildman–Crippen MR) is 125 cm³/mol. The lowest BCUT2D eigenvalue weighted by atomic mass is 9.93. The van der Waals surface area contributed by atoms with E-state index in [1.54, 1.807) is 34.7 Å². The maximum atomic E-state index is 13.9. The molecule has 3 aromatic heterocycles. The third-order valence-corrected chi connectivity index (χ3v) is 7.04. The highest BCUT2D eigenvalue weighted by Crippen LogP contribution is 2.45. The Morgan fingerprint density at radius 2 is 1.89 bits per heavy atom. The highest BCUT2D eigenvalue weighted by Gasteiger charge is 2.56. The van der Waals surface area contributed by atoms with Crippen molar-refractivity contribution in [3.8, 4) is 17.0 Å². The highest BCUT2D eigenvalue weighted by atomic mass is 16.5. The van der Waals surface area contributed by atoms with Gasteiger partial charge in [-0.2, -0.15) is 5.10 Å². The zero-order valence-corrected chi connectivity index (χ0v) is 19.6. The minimum absolute atomic E-state index is 0.125. The number of benzene rings is 1. The summed E-state index contributed by atoms with van der Waals surface area (Å²) in [7, 11) is 3.46. The van der Waals surface area contributed by atoms with Crippen LogP contribution in [-0.4, -0.2) is 61.3 Å². The number of carbonyl (C=O) groups is 2. The van der Waals surface area contributed by atoms with Crippen molar-refractivity contribution >= 4 is 11.8 Å². The first-order valence-electron chi connectivity index (χ1n) is 11.3. The fourth-order valence-corrected chi connectivity index (χ4v) is 5.32. The van der Waals surface area contributed by atoms with Gasteiger partial charge >= 0.3 is 0 Å². The van der Waals surface area contributed by atoms with Crippen LogP contribution >= 0.6 is 0 Å². The topological polar surface area (TPSA) is 98.6 Å². The first-order valence-corrected chi connectivity index (χ1v) is 11.3. The van der Waals surface area contributed by atoms with E-state index in [-0.39, 0.29) is 11.8 Å².